The zero-order chi connectivity index (χ0) is 13.9. The van der Waals surface area contributed by atoms with E-state index in [-0.39, 0.29) is 5.82 Å². The van der Waals surface area contributed by atoms with Crippen LogP contribution in [0.25, 0.3) is 0 Å². The van der Waals surface area contributed by atoms with Gasteiger partial charge in [-0.2, -0.15) is 0 Å². The molecule has 0 bridgehead atoms. The lowest BCUT2D eigenvalue weighted by Gasteiger charge is -2.35. The molecule has 110 valence electrons. The standard InChI is InChI=1S/C17H25FN2/c1-13-11-15(18)5-4-14(13)6-8-19-16-7-10-20-9-2-3-17(20)12-16/h4-5,11,16-17,19H,2-3,6-10,12H2,1H3. The zero-order valence-corrected chi connectivity index (χ0v) is 12.4. The van der Waals surface area contributed by atoms with Crippen LogP contribution in [0.15, 0.2) is 18.2 Å². The number of nitrogens with zero attached hydrogens (tertiary/aromatic N) is 1. The van der Waals surface area contributed by atoms with Crippen molar-refractivity contribution in [3.8, 4) is 0 Å². The van der Waals surface area contributed by atoms with E-state index in [1.165, 1.54) is 44.3 Å². The van der Waals surface area contributed by atoms with Crippen molar-refractivity contribution >= 4 is 0 Å². The Morgan fingerprint density at radius 3 is 3.05 bits per heavy atom. The first-order valence-corrected chi connectivity index (χ1v) is 7.95. The molecular weight excluding hydrogens is 251 g/mol. The Morgan fingerprint density at radius 1 is 1.30 bits per heavy atom. The molecule has 2 saturated heterocycles. The Bertz CT molecular complexity index is 460. The van der Waals surface area contributed by atoms with Crippen molar-refractivity contribution in [3.05, 3.63) is 35.1 Å². The van der Waals surface area contributed by atoms with Gasteiger partial charge < -0.3 is 10.2 Å². The van der Waals surface area contributed by atoms with Crippen LogP contribution in [-0.4, -0.2) is 36.6 Å². The zero-order valence-electron chi connectivity index (χ0n) is 12.4. The highest BCUT2D eigenvalue weighted by molar-refractivity contribution is 5.26. The number of hydrogen-bond donors (Lipinski definition) is 1. The number of aryl methyl sites for hydroxylation is 1. The van der Waals surface area contributed by atoms with Crippen LogP contribution in [-0.2, 0) is 6.42 Å². The molecule has 20 heavy (non-hydrogen) atoms. The van der Waals surface area contributed by atoms with Crippen molar-refractivity contribution in [2.24, 2.45) is 0 Å². The van der Waals surface area contributed by atoms with Gasteiger partial charge in [-0.1, -0.05) is 6.07 Å². The number of nitrogens with one attached hydrogen (secondary N) is 1. The van der Waals surface area contributed by atoms with Crippen LogP contribution in [0.1, 0.15) is 36.8 Å². The fourth-order valence-corrected chi connectivity index (χ4v) is 3.76. The number of rotatable bonds is 4. The topological polar surface area (TPSA) is 15.3 Å². The van der Waals surface area contributed by atoms with Crippen LogP contribution in [0.2, 0.25) is 0 Å². The Morgan fingerprint density at radius 2 is 2.20 bits per heavy atom. The fourth-order valence-electron chi connectivity index (χ4n) is 3.76. The SMILES string of the molecule is Cc1cc(F)ccc1CCNC1CCN2CCCC2C1. The van der Waals surface area contributed by atoms with Crippen molar-refractivity contribution < 1.29 is 4.39 Å². The molecule has 3 rings (SSSR count). The molecule has 2 unspecified atom stereocenters. The molecule has 2 fully saturated rings. The normalized spacial score (nSPS) is 26.7. The largest absolute Gasteiger partial charge is 0.314 e. The number of piperidine rings is 1. The van der Waals surface area contributed by atoms with Crippen LogP contribution in [0.5, 0.6) is 0 Å². The third kappa shape index (κ3) is 3.21. The Kier molecular flexibility index (Phi) is 4.37. The maximum Gasteiger partial charge on any atom is 0.123 e. The van der Waals surface area contributed by atoms with Gasteiger partial charge in [-0.05, 0) is 81.9 Å². The van der Waals surface area contributed by atoms with E-state index in [1.807, 2.05) is 13.0 Å². The minimum absolute atomic E-state index is 0.132. The van der Waals surface area contributed by atoms with Crippen LogP contribution in [0, 0.1) is 12.7 Å². The van der Waals surface area contributed by atoms with Gasteiger partial charge in [0.1, 0.15) is 5.82 Å². The van der Waals surface area contributed by atoms with Gasteiger partial charge in [0.05, 0.1) is 0 Å². The second kappa shape index (κ2) is 6.23. The molecule has 2 heterocycles. The first kappa shape index (κ1) is 14.0. The predicted octanol–water partition coefficient (Wildman–Crippen LogP) is 2.89. The molecule has 0 spiro atoms. The molecule has 2 atom stereocenters. The highest BCUT2D eigenvalue weighted by Crippen LogP contribution is 2.26. The van der Waals surface area contributed by atoms with E-state index in [0.717, 1.165) is 24.6 Å². The highest BCUT2D eigenvalue weighted by atomic mass is 19.1. The second-order valence-electron chi connectivity index (χ2n) is 6.33. The molecule has 0 aromatic heterocycles. The maximum atomic E-state index is 13.1. The molecule has 2 aliphatic heterocycles. The lowest BCUT2D eigenvalue weighted by atomic mass is 9.97. The number of hydrogen-bond acceptors (Lipinski definition) is 2. The average molecular weight is 276 g/mol. The van der Waals surface area contributed by atoms with Gasteiger partial charge in [0.2, 0.25) is 0 Å². The first-order valence-electron chi connectivity index (χ1n) is 7.95. The molecule has 1 N–H and O–H groups in total. The lowest BCUT2D eigenvalue weighted by molar-refractivity contribution is 0.167. The summed E-state index contributed by atoms with van der Waals surface area (Å²) in [6.45, 7) is 5.57. The molecule has 0 radical (unpaired) electrons. The van der Waals surface area contributed by atoms with Crippen molar-refractivity contribution in [3.63, 3.8) is 0 Å². The second-order valence-corrected chi connectivity index (χ2v) is 6.33. The number of halogens is 1. The summed E-state index contributed by atoms with van der Waals surface area (Å²) in [5.74, 6) is -0.132. The van der Waals surface area contributed by atoms with Gasteiger partial charge in [-0.15, -0.1) is 0 Å². The quantitative estimate of drug-likeness (QED) is 0.909. The molecule has 1 aromatic carbocycles. The van der Waals surface area contributed by atoms with Gasteiger partial charge in [0.25, 0.3) is 0 Å². The molecule has 2 aliphatic rings. The van der Waals surface area contributed by atoms with E-state index in [2.05, 4.69) is 10.2 Å². The van der Waals surface area contributed by atoms with Gasteiger partial charge in [-0.3, -0.25) is 0 Å². The monoisotopic (exact) mass is 276 g/mol. The average Bonchev–Trinajstić information content (AvgIpc) is 2.89. The molecule has 2 nitrogen and oxygen atoms in total. The molecule has 0 aliphatic carbocycles. The Hall–Kier alpha value is -0.930. The molecule has 1 aromatic rings. The van der Waals surface area contributed by atoms with E-state index in [9.17, 15) is 4.39 Å². The fraction of sp³-hybridized carbons (Fsp3) is 0.647. The van der Waals surface area contributed by atoms with Crippen molar-refractivity contribution in [2.75, 3.05) is 19.6 Å². The van der Waals surface area contributed by atoms with E-state index in [4.69, 9.17) is 0 Å². The van der Waals surface area contributed by atoms with Crippen LogP contribution < -0.4 is 5.32 Å². The first-order chi connectivity index (χ1) is 9.72. The number of benzene rings is 1. The summed E-state index contributed by atoms with van der Waals surface area (Å²) in [7, 11) is 0. The number of fused-ring (bicyclic) bond motifs is 1. The summed E-state index contributed by atoms with van der Waals surface area (Å²) in [5, 5.41) is 3.70. The lowest BCUT2D eigenvalue weighted by Crippen LogP contribution is -2.46. The smallest absolute Gasteiger partial charge is 0.123 e. The van der Waals surface area contributed by atoms with Crippen molar-refractivity contribution in [2.45, 2.75) is 51.1 Å². The van der Waals surface area contributed by atoms with Crippen LogP contribution >= 0.6 is 0 Å². The van der Waals surface area contributed by atoms with E-state index in [1.54, 1.807) is 12.1 Å². The molecule has 3 heteroatoms. The summed E-state index contributed by atoms with van der Waals surface area (Å²) in [4.78, 5) is 2.66. The van der Waals surface area contributed by atoms with Crippen molar-refractivity contribution in [1.29, 1.82) is 0 Å². The molecule has 0 saturated carbocycles. The molecular formula is C17H25FN2. The summed E-state index contributed by atoms with van der Waals surface area (Å²) in [5.41, 5.74) is 2.33. The third-order valence-electron chi connectivity index (χ3n) is 4.95. The van der Waals surface area contributed by atoms with Gasteiger partial charge in [0, 0.05) is 12.1 Å². The van der Waals surface area contributed by atoms with E-state index in [0.29, 0.717) is 6.04 Å². The summed E-state index contributed by atoms with van der Waals surface area (Å²) in [6.07, 6.45) is 6.35. The van der Waals surface area contributed by atoms with E-state index >= 15 is 0 Å². The van der Waals surface area contributed by atoms with Gasteiger partial charge >= 0.3 is 0 Å². The summed E-state index contributed by atoms with van der Waals surface area (Å²) in [6, 6.07) is 6.63. The minimum Gasteiger partial charge on any atom is -0.314 e. The Labute approximate surface area is 121 Å². The Balaban J connectivity index is 1.45. The molecule has 0 amide bonds. The van der Waals surface area contributed by atoms with Gasteiger partial charge in [-0.25, -0.2) is 4.39 Å². The van der Waals surface area contributed by atoms with Gasteiger partial charge in [0.15, 0.2) is 0 Å². The van der Waals surface area contributed by atoms with Crippen molar-refractivity contribution in [1.82, 2.24) is 10.2 Å². The summed E-state index contributed by atoms with van der Waals surface area (Å²) >= 11 is 0. The summed E-state index contributed by atoms with van der Waals surface area (Å²) < 4.78 is 13.1. The van der Waals surface area contributed by atoms with E-state index < -0.39 is 0 Å². The predicted molar refractivity (Wildman–Crippen MR) is 80.5 cm³/mol. The third-order valence-corrected chi connectivity index (χ3v) is 4.95. The van der Waals surface area contributed by atoms with Crippen LogP contribution in [0.3, 0.4) is 0 Å². The van der Waals surface area contributed by atoms with Crippen LogP contribution in [0.4, 0.5) is 4.39 Å². The minimum atomic E-state index is -0.132. The maximum absolute atomic E-state index is 13.1. The highest BCUT2D eigenvalue weighted by Gasteiger charge is 2.31.